The van der Waals surface area contributed by atoms with E-state index in [1.54, 1.807) is 0 Å². The first kappa shape index (κ1) is 51.9. The van der Waals surface area contributed by atoms with E-state index in [1.165, 1.54) is 88.5 Å². The fourth-order valence-electron chi connectivity index (χ4n) is 14.9. The number of para-hydroxylation sites is 1. The molecule has 3 aliphatic rings. The Balaban J connectivity index is 1.02. The number of hydrogen-bond donors (Lipinski definition) is 0. The van der Waals surface area contributed by atoms with Crippen LogP contribution in [-0.4, -0.2) is 11.4 Å². The third-order valence-electron chi connectivity index (χ3n) is 19.6. The number of aromatic nitrogens is 1. The predicted molar refractivity (Wildman–Crippen MR) is 361 cm³/mol. The van der Waals surface area contributed by atoms with Crippen molar-refractivity contribution in [2.24, 2.45) is 0 Å². The van der Waals surface area contributed by atoms with Gasteiger partial charge in [0.1, 0.15) is 22.3 Å². The van der Waals surface area contributed by atoms with Gasteiger partial charge in [0.05, 0.1) is 16.4 Å². The fraction of sp³-hybridized carbons (Fsp3) is 0.241. The van der Waals surface area contributed by atoms with Gasteiger partial charge in [0, 0.05) is 84.2 Å². The van der Waals surface area contributed by atoms with Crippen molar-refractivity contribution >= 4 is 112 Å². The summed E-state index contributed by atoms with van der Waals surface area (Å²) in [5, 5.41) is 6.81. The molecule has 0 fully saturated rings. The Hall–Kier alpha value is -8.74. The van der Waals surface area contributed by atoms with Gasteiger partial charge in [-0.25, -0.2) is 0 Å². The largest absolute Gasteiger partial charge is 0.456 e. The van der Waals surface area contributed by atoms with Crippen molar-refractivity contribution in [2.45, 2.75) is 124 Å². The van der Waals surface area contributed by atoms with Gasteiger partial charge in [-0.15, -0.1) is 0 Å². The lowest BCUT2D eigenvalue weighted by Crippen LogP contribution is -2.60. The maximum atomic E-state index is 7.39. The first-order chi connectivity index (χ1) is 40.4. The molecule has 418 valence electrons. The molecule has 2 aliphatic heterocycles. The molecule has 0 amide bonds. The van der Waals surface area contributed by atoms with Crippen molar-refractivity contribution in [3.63, 3.8) is 0 Å². The molecule has 5 nitrogen and oxygen atoms in total. The first-order valence-electron chi connectivity index (χ1n) is 30.6. The van der Waals surface area contributed by atoms with Crippen molar-refractivity contribution in [1.82, 2.24) is 4.57 Å². The second kappa shape index (κ2) is 17.2. The number of hydrogen-bond acceptors (Lipinski definition) is 4. The number of rotatable bonds is 4. The van der Waals surface area contributed by atoms with Gasteiger partial charge in [-0.3, -0.25) is 0 Å². The molecule has 0 saturated heterocycles. The first-order valence-corrected chi connectivity index (χ1v) is 30.6. The van der Waals surface area contributed by atoms with Crippen LogP contribution in [0.25, 0.3) is 93.6 Å². The van der Waals surface area contributed by atoms with Gasteiger partial charge in [-0.1, -0.05) is 188 Å². The summed E-state index contributed by atoms with van der Waals surface area (Å²) in [5.74, 6) is 0. The maximum absolute atomic E-state index is 7.39. The SMILES string of the molecule is CC(C)(C)c1ccc(N2B3c4cc5c(cc4-n4c6ccc(C(C)(C)C)cc6c6c7oc8ccccc8c7c(c3c64)-c3cc4c(cc32)oc2cc(N(c3ccc(C(C)(C)C)cc3)c3ccc(C(C)(C)C)cc3)ccc24)-c2ccccc2C5(C)C)cc1. The lowest BCUT2D eigenvalue weighted by molar-refractivity contribution is 0.590. The van der Waals surface area contributed by atoms with Crippen LogP contribution in [0, 0.1) is 0 Å². The van der Waals surface area contributed by atoms with Crippen LogP contribution in [0.1, 0.15) is 130 Å². The van der Waals surface area contributed by atoms with E-state index in [4.69, 9.17) is 8.83 Å². The molecular weight excluding hydrogens is 1030 g/mol. The van der Waals surface area contributed by atoms with E-state index in [9.17, 15) is 0 Å². The lowest BCUT2D eigenvalue weighted by atomic mass is 9.43. The standard InChI is InChI=1S/C79H72BN3O2/c1-75(2,3)45-23-30-49(31-24-45)81(50-32-25-46(26-33-50)76(4,5)6)52-36-37-54-57-41-59-64(44-68(57)84-67(54)40-52)83(51-34-27-47(28-35-51)77(7,8)9)80-62-43-61-56(53-19-15-17-21-60(53)79(61,13)14)42-65(62)82-63-38-29-48(78(10,11)12)39-58(63)71-73(82)72(80)69(59)70-55-20-16-18-22-66(55)85-74(70)71/h15-44H,1-14H3. The highest BCUT2D eigenvalue weighted by atomic mass is 16.3. The minimum absolute atomic E-state index is 0.0256. The molecule has 0 atom stereocenters. The Morgan fingerprint density at radius 1 is 0.424 bits per heavy atom. The Labute approximate surface area is 499 Å². The van der Waals surface area contributed by atoms with E-state index < -0.39 is 0 Å². The van der Waals surface area contributed by atoms with Crippen LogP contribution in [0.4, 0.5) is 28.4 Å². The molecule has 0 unspecified atom stereocenters. The van der Waals surface area contributed by atoms with Crippen LogP contribution in [-0.2, 0) is 27.1 Å². The molecule has 1 aliphatic carbocycles. The van der Waals surface area contributed by atoms with Crippen molar-refractivity contribution in [3.05, 3.63) is 215 Å². The van der Waals surface area contributed by atoms with Gasteiger partial charge in [0.15, 0.2) is 0 Å². The van der Waals surface area contributed by atoms with Gasteiger partial charge < -0.3 is 23.1 Å². The molecule has 6 heteroatoms. The van der Waals surface area contributed by atoms with Crippen molar-refractivity contribution in [1.29, 1.82) is 0 Å². The Morgan fingerprint density at radius 3 is 1.67 bits per heavy atom. The van der Waals surface area contributed by atoms with E-state index >= 15 is 0 Å². The van der Waals surface area contributed by atoms with Crippen LogP contribution in [0.5, 0.6) is 0 Å². The minimum atomic E-state index is -0.237. The summed E-state index contributed by atoms with van der Waals surface area (Å²) in [6, 6.07) is 69.4. The third-order valence-corrected chi connectivity index (χ3v) is 19.6. The summed E-state index contributed by atoms with van der Waals surface area (Å²) in [6.45, 7) is 32.2. The summed E-state index contributed by atoms with van der Waals surface area (Å²) in [6.07, 6.45) is 0. The quantitative estimate of drug-likeness (QED) is 0.165. The summed E-state index contributed by atoms with van der Waals surface area (Å²) >= 11 is 0. The number of benzene rings is 10. The fourth-order valence-corrected chi connectivity index (χ4v) is 14.9. The maximum Gasteiger partial charge on any atom is 0.333 e. The summed E-state index contributed by atoms with van der Waals surface area (Å²) in [7, 11) is 0. The molecule has 0 saturated carbocycles. The average molecular weight is 1110 g/mol. The molecule has 3 aromatic heterocycles. The third kappa shape index (κ3) is 7.42. The van der Waals surface area contributed by atoms with E-state index in [2.05, 4.69) is 293 Å². The molecule has 85 heavy (non-hydrogen) atoms. The number of anilines is 5. The summed E-state index contributed by atoms with van der Waals surface area (Å²) in [5.41, 5.74) is 27.8. The highest BCUT2D eigenvalue weighted by Crippen LogP contribution is 2.55. The molecule has 16 rings (SSSR count). The zero-order valence-corrected chi connectivity index (χ0v) is 51.6. The summed E-state index contributed by atoms with van der Waals surface area (Å²) < 4.78 is 17.4. The Kier molecular flexibility index (Phi) is 10.5. The van der Waals surface area contributed by atoms with Crippen molar-refractivity contribution in [2.75, 3.05) is 9.71 Å². The molecule has 10 aromatic carbocycles. The Bertz CT molecular complexity index is 4940. The number of fused-ring (bicyclic) bond motifs is 19. The van der Waals surface area contributed by atoms with Gasteiger partial charge in [-0.2, -0.15) is 0 Å². The lowest BCUT2D eigenvalue weighted by Gasteiger charge is -2.42. The van der Waals surface area contributed by atoms with E-state index in [0.717, 1.165) is 77.9 Å². The van der Waals surface area contributed by atoms with Gasteiger partial charge in [-0.05, 0) is 162 Å². The number of furan rings is 2. The molecular formula is C79H72BN3O2. The molecule has 0 spiro atoms. The topological polar surface area (TPSA) is 37.7 Å². The molecule has 0 radical (unpaired) electrons. The molecule has 5 heterocycles. The van der Waals surface area contributed by atoms with Crippen LogP contribution in [0.2, 0.25) is 0 Å². The second-order valence-electron chi connectivity index (χ2n) is 29.4. The average Bonchev–Trinajstić information content (AvgIpc) is 1.58. The van der Waals surface area contributed by atoms with Gasteiger partial charge in [0.25, 0.3) is 0 Å². The van der Waals surface area contributed by atoms with E-state index in [-0.39, 0.29) is 33.9 Å². The zero-order valence-electron chi connectivity index (χ0n) is 51.6. The molecule has 13 aromatic rings. The van der Waals surface area contributed by atoms with Crippen LogP contribution < -0.4 is 20.6 Å². The van der Waals surface area contributed by atoms with Gasteiger partial charge >= 0.3 is 6.85 Å². The summed E-state index contributed by atoms with van der Waals surface area (Å²) in [4.78, 5) is 5.04. The Morgan fingerprint density at radius 2 is 1.01 bits per heavy atom. The van der Waals surface area contributed by atoms with Crippen molar-refractivity contribution in [3.8, 4) is 27.9 Å². The van der Waals surface area contributed by atoms with E-state index in [0.29, 0.717) is 0 Å². The van der Waals surface area contributed by atoms with Crippen LogP contribution in [0.3, 0.4) is 0 Å². The minimum Gasteiger partial charge on any atom is -0.456 e. The highest BCUT2D eigenvalue weighted by molar-refractivity contribution is 6.94. The van der Waals surface area contributed by atoms with Crippen LogP contribution >= 0.6 is 0 Å². The highest BCUT2D eigenvalue weighted by Gasteiger charge is 2.48. The predicted octanol–water partition coefficient (Wildman–Crippen LogP) is 20.8. The smallest absolute Gasteiger partial charge is 0.333 e. The number of nitrogens with zero attached hydrogens (tertiary/aromatic N) is 3. The normalized spacial score (nSPS) is 14.5. The van der Waals surface area contributed by atoms with E-state index in [1.807, 2.05) is 0 Å². The second-order valence-corrected chi connectivity index (χ2v) is 29.4. The molecule has 0 bridgehead atoms. The van der Waals surface area contributed by atoms with Crippen molar-refractivity contribution < 1.29 is 8.83 Å². The van der Waals surface area contributed by atoms with Gasteiger partial charge in [0.2, 0.25) is 0 Å². The van der Waals surface area contributed by atoms with Crippen LogP contribution in [0.15, 0.2) is 191 Å². The zero-order chi connectivity index (χ0) is 58.8. The monoisotopic (exact) mass is 1110 g/mol. The molecule has 0 N–H and O–H groups in total.